The van der Waals surface area contributed by atoms with Crippen molar-refractivity contribution < 1.29 is 9.59 Å². The van der Waals surface area contributed by atoms with Crippen LogP contribution in [0.2, 0.25) is 0 Å². The Hall–Kier alpha value is -1.18. The molecular formula is C10H19N5O2. The Bertz CT molecular complexity index is 301. The van der Waals surface area contributed by atoms with Crippen molar-refractivity contribution in [1.29, 1.82) is 0 Å². The fourth-order valence-electron chi connectivity index (χ4n) is 2.20. The van der Waals surface area contributed by atoms with E-state index in [0.717, 1.165) is 19.6 Å². The summed E-state index contributed by atoms with van der Waals surface area (Å²) in [6.45, 7) is 4.67. The lowest BCUT2D eigenvalue weighted by Gasteiger charge is -2.35. The number of nitrogens with one attached hydrogen (secondary N) is 2. The summed E-state index contributed by atoms with van der Waals surface area (Å²) in [5.41, 5.74) is 10.7. The average Bonchev–Trinajstić information content (AvgIpc) is 2.76. The summed E-state index contributed by atoms with van der Waals surface area (Å²) in [6, 6.07) is -0.399. The van der Waals surface area contributed by atoms with Gasteiger partial charge in [0.25, 0.3) is 0 Å². The number of rotatable bonds is 3. The minimum atomic E-state index is -0.399. The molecule has 2 rings (SSSR count). The molecule has 96 valence electrons. The van der Waals surface area contributed by atoms with Gasteiger partial charge in [0.05, 0.1) is 6.42 Å². The van der Waals surface area contributed by atoms with Crippen molar-refractivity contribution in [3.63, 3.8) is 0 Å². The predicted molar refractivity (Wildman–Crippen MR) is 61.8 cm³/mol. The van der Waals surface area contributed by atoms with E-state index in [0.29, 0.717) is 19.6 Å². The number of carbonyl (C=O) groups excluding carboxylic acids is 2. The third kappa shape index (κ3) is 2.93. The fourth-order valence-corrected chi connectivity index (χ4v) is 2.20. The molecule has 2 saturated heterocycles. The van der Waals surface area contributed by atoms with Crippen LogP contribution in [0, 0.1) is 0 Å². The molecule has 0 saturated carbocycles. The minimum absolute atomic E-state index is 0.00995. The van der Waals surface area contributed by atoms with Crippen molar-refractivity contribution in [3.8, 4) is 0 Å². The van der Waals surface area contributed by atoms with Crippen LogP contribution in [0.15, 0.2) is 0 Å². The summed E-state index contributed by atoms with van der Waals surface area (Å²) in [6.07, 6.45) is 0.238. The second-order valence-corrected chi connectivity index (χ2v) is 4.40. The van der Waals surface area contributed by atoms with E-state index in [4.69, 9.17) is 5.73 Å². The number of hydrogen-bond acceptors (Lipinski definition) is 5. The topological polar surface area (TPSA) is 90.7 Å². The maximum absolute atomic E-state index is 12.0. The Morgan fingerprint density at radius 2 is 2.06 bits per heavy atom. The number of hydrogen-bond donors (Lipinski definition) is 3. The average molecular weight is 241 g/mol. The molecule has 0 aromatic heterocycles. The second-order valence-electron chi connectivity index (χ2n) is 4.40. The first-order valence-electron chi connectivity index (χ1n) is 5.96. The highest BCUT2D eigenvalue weighted by atomic mass is 16.2. The molecule has 2 aliphatic rings. The van der Waals surface area contributed by atoms with Crippen LogP contribution in [0.4, 0.5) is 0 Å². The molecule has 4 N–H and O–H groups in total. The molecule has 7 heteroatoms. The largest absolute Gasteiger partial charge is 0.339 e. The molecule has 1 atom stereocenters. The summed E-state index contributed by atoms with van der Waals surface area (Å²) in [5, 5.41) is 0. The molecule has 0 bridgehead atoms. The van der Waals surface area contributed by atoms with Gasteiger partial charge in [-0.15, -0.1) is 0 Å². The zero-order chi connectivity index (χ0) is 12.3. The molecule has 2 aliphatic heterocycles. The molecule has 1 unspecified atom stereocenters. The molecule has 0 aromatic carbocycles. The second kappa shape index (κ2) is 5.44. The Morgan fingerprint density at radius 1 is 1.35 bits per heavy atom. The van der Waals surface area contributed by atoms with Crippen molar-refractivity contribution in [3.05, 3.63) is 0 Å². The van der Waals surface area contributed by atoms with Gasteiger partial charge in [0.2, 0.25) is 11.8 Å². The van der Waals surface area contributed by atoms with E-state index >= 15 is 0 Å². The van der Waals surface area contributed by atoms with Gasteiger partial charge in [0.1, 0.15) is 6.04 Å². The standard InChI is InChI=1S/C10H19N5O2/c11-1-2-14-3-5-15(6-4-14)10(17)8-7-9(16)13-12-8/h8,12H,1-7,11H2,(H,13,16). The first kappa shape index (κ1) is 12.3. The zero-order valence-electron chi connectivity index (χ0n) is 9.82. The summed E-state index contributed by atoms with van der Waals surface area (Å²) in [7, 11) is 0. The number of hydrazine groups is 1. The molecule has 2 heterocycles. The first-order valence-corrected chi connectivity index (χ1v) is 5.96. The van der Waals surface area contributed by atoms with E-state index in [1.807, 2.05) is 4.90 Å². The predicted octanol–water partition coefficient (Wildman–Crippen LogP) is -2.52. The van der Waals surface area contributed by atoms with Crippen molar-refractivity contribution in [2.45, 2.75) is 12.5 Å². The van der Waals surface area contributed by atoms with Gasteiger partial charge in [-0.05, 0) is 0 Å². The van der Waals surface area contributed by atoms with Crippen molar-refractivity contribution in [2.75, 3.05) is 39.3 Å². The van der Waals surface area contributed by atoms with Crippen molar-refractivity contribution in [2.24, 2.45) is 5.73 Å². The van der Waals surface area contributed by atoms with Gasteiger partial charge in [-0.3, -0.25) is 19.9 Å². The van der Waals surface area contributed by atoms with Gasteiger partial charge in [-0.2, -0.15) is 0 Å². The first-order chi connectivity index (χ1) is 8.20. The van der Waals surface area contributed by atoms with Gasteiger partial charge < -0.3 is 10.6 Å². The molecule has 0 aliphatic carbocycles. The van der Waals surface area contributed by atoms with E-state index in [-0.39, 0.29) is 18.2 Å². The zero-order valence-corrected chi connectivity index (χ0v) is 9.82. The van der Waals surface area contributed by atoms with Crippen LogP contribution < -0.4 is 16.6 Å². The number of nitrogens with zero attached hydrogens (tertiary/aromatic N) is 2. The molecule has 2 amide bonds. The van der Waals surface area contributed by atoms with E-state index < -0.39 is 6.04 Å². The SMILES string of the molecule is NCCN1CCN(C(=O)C2CC(=O)NN2)CC1. The van der Waals surface area contributed by atoms with Crippen LogP contribution in [0.3, 0.4) is 0 Å². The van der Waals surface area contributed by atoms with Crippen molar-refractivity contribution >= 4 is 11.8 Å². The van der Waals surface area contributed by atoms with E-state index in [9.17, 15) is 9.59 Å². The number of nitrogens with two attached hydrogens (primary N) is 1. The normalized spacial score (nSPS) is 26.1. The van der Waals surface area contributed by atoms with Gasteiger partial charge in [-0.1, -0.05) is 0 Å². The molecule has 0 spiro atoms. The smallest absolute Gasteiger partial charge is 0.242 e. The maximum Gasteiger partial charge on any atom is 0.242 e. The highest BCUT2D eigenvalue weighted by Gasteiger charge is 2.32. The van der Waals surface area contributed by atoms with Gasteiger partial charge in [0, 0.05) is 39.3 Å². The van der Waals surface area contributed by atoms with Crippen LogP contribution in [-0.4, -0.2) is 66.9 Å². The molecule has 0 aromatic rings. The van der Waals surface area contributed by atoms with E-state index in [1.54, 1.807) is 0 Å². The van der Waals surface area contributed by atoms with E-state index in [1.165, 1.54) is 0 Å². The molecule has 7 nitrogen and oxygen atoms in total. The van der Waals surface area contributed by atoms with Gasteiger partial charge >= 0.3 is 0 Å². The number of amides is 2. The molecular weight excluding hydrogens is 222 g/mol. The monoisotopic (exact) mass is 241 g/mol. The molecule has 2 fully saturated rings. The van der Waals surface area contributed by atoms with Crippen LogP contribution in [0.5, 0.6) is 0 Å². The Morgan fingerprint density at radius 3 is 2.59 bits per heavy atom. The lowest BCUT2D eigenvalue weighted by molar-refractivity contribution is -0.135. The van der Waals surface area contributed by atoms with Crippen LogP contribution in [0.1, 0.15) is 6.42 Å². The third-order valence-electron chi connectivity index (χ3n) is 3.20. The van der Waals surface area contributed by atoms with Gasteiger partial charge in [0.15, 0.2) is 0 Å². The van der Waals surface area contributed by atoms with E-state index in [2.05, 4.69) is 15.8 Å². The summed E-state index contributed by atoms with van der Waals surface area (Å²) in [4.78, 5) is 27.1. The van der Waals surface area contributed by atoms with Crippen LogP contribution in [-0.2, 0) is 9.59 Å². The van der Waals surface area contributed by atoms with Crippen molar-refractivity contribution in [1.82, 2.24) is 20.7 Å². The fraction of sp³-hybridized carbons (Fsp3) is 0.800. The number of piperazine rings is 1. The maximum atomic E-state index is 12.0. The number of carbonyl (C=O) groups is 2. The Balaban J connectivity index is 1.80. The Labute approximate surface area is 100 Å². The summed E-state index contributed by atoms with van der Waals surface area (Å²) >= 11 is 0. The summed E-state index contributed by atoms with van der Waals surface area (Å²) < 4.78 is 0. The van der Waals surface area contributed by atoms with Crippen LogP contribution in [0.25, 0.3) is 0 Å². The van der Waals surface area contributed by atoms with Gasteiger partial charge in [-0.25, -0.2) is 5.43 Å². The lowest BCUT2D eigenvalue weighted by atomic mass is 10.2. The molecule has 17 heavy (non-hydrogen) atoms. The minimum Gasteiger partial charge on any atom is -0.339 e. The third-order valence-corrected chi connectivity index (χ3v) is 3.20. The lowest BCUT2D eigenvalue weighted by Crippen LogP contribution is -2.54. The van der Waals surface area contributed by atoms with Crippen LogP contribution >= 0.6 is 0 Å². The molecule has 0 radical (unpaired) electrons. The Kier molecular flexibility index (Phi) is 3.93. The highest BCUT2D eigenvalue weighted by molar-refractivity contribution is 5.90. The highest BCUT2D eigenvalue weighted by Crippen LogP contribution is 2.07. The quantitative estimate of drug-likeness (QED) is 0.507. The summed E-state index contributed by atoms with van der Waals surface area (Å²) in [5.74, 6) is -0.110.